The standard InChI is InChI=1S/C15H23NO/c1-10-7-8-14(12(10)3)16-9-13-6-4-5-11(2)15(13)17/h4-6,10,12,14,16-17H,7-9H2,1-3H3. The topological polar surface area (TPSA) is 32.3 Å². The maximum absolute atomic E-state index is 9.95. The first-order chi connectivity index (χ1) is 8.09. The van der Waals surface area contributed by atoms with Crippen molar-refractivity contribution >= 4 is 0 Å². The number of para-hydroxylation sites is 1. The highest BCUT2D eigenvalue weighted by molar-refractivity contribution is 5.39. The van der Waals surface area contributed by atoms with Crippen LogP contribution in [0, 0.1) is 18.8 Å². The number of rotatable bonds is 3. The molecular formula is C15H23NO. The Labute approximate surface area is 104 Å². The summed E-state index contributed by atoms with van der Waals surface area (Å²) in [6.45, 7) is 7.37. The number of aryl methyl sites for hydroxylation is 1. The molecule has 1 aliphatic carbocycles. The molecule has 1 aliphatic rings. The van der Waals surface area contributed by atoms with Gasteiger partial charge in [-0.3, -0.25) is 0 Å². The average molecular weight is 233 g/mol. The number of phenols is 1. The summed E-state index contributed by atoms with van der Waals surface area (Å²) in [6, 6.07) is 6.55. The van der Waals surface area contributed by atoms with Crippen molar-refractivity contribution < 1.29 is 5.11 Å². The lowest BCUT2D eigenvalue weighted by molar-refractivity contribution is 0.366. The van der Waals surface area contributed by atoms with Gasteiger partial charge in [-0.15, -0.1) is 0 Å². The van der Waals surface area contributed by atoms with E-state index in [9.17, 15) is 5.11 Å². The molecule has 17 heavy (non-hydrogen) atoms. The van der Waals surface area contributed by atoms with E-state index in [1.807, 2.05) is 25.1 Å². The molecular weight excluding hydrogens is 210 g/mol. The second-order valence-corrected chi connectivity index (χ2v) is 5.48. The van der Waals surface area contributed by atoms with E-state index in [0.717, 1.165) is 29.5 Å². The highest BCUT2D eigenvalue weighted by Crippen LogP contribution is 2.31. The third-order valence-electron chi connectivity index (χ3n) is 4.34. The molecule has 0 amide bonds. The number of hydrogen-bond donors (Lipinski definition) is 2. The Morgan fingerprint density at radius 2 is 2.06 bits per heavy atom. The highest BCUT2D eigenvalue weighted by Gasteiger charge is 2.29. The number of benzene rings is 1. The van der Waals surface area contributed by atoms with Gasteiger partial charge in [-0.25, -0.2) is 0 Å². The van der Waals surface area contributed by atoms with Crippen molar-refractivity contribution in [2.75, 3.05) is 0 Å². The largest absolute Gasteiger partial charge is 0.507 e. The zero-order valence-electron chi connectivity index (χ0n) is 11.0. The lowest BCUT2D eigenvalue weighted by atomic mass is 9.97. The SMILES string of the molecule is Cc1cccc(CNC2CCC(C)C2C)c1O. The van der Waals surface area contributed by atoms with E-state index in [0.29, 0.717) is 11.8 Å². The van der Waals surface area contributed by atoms with Crippen LogP contribution in [0.25, 0.3) is 0 Å². The molecule has 1 saturated carbocycles. The molecule has 2 nitrogen and oxygen atoms in total. The maximum atomic E-state index is 9.95. The van der Waals surface area contributed by atoms with Gasteiger partial charge in [0.2, 0.25) is 0 Å². The van der Waals surface area contributed by atoms with Crippen molar-refractivity contribution in [2.24, 2.45) is 11.8 Å². The van der Waals surface area contributed by atoms with Gasteiger partial charge < -0.3 is 10.4 Å². The zero-order valence-corrected chi connectivity index (χ0v) is 11.0. The van der Waals surface area contributed by atoms with E-state index >= 15 is 0 Å². The Morgan fingerprint density at radius 3 is 2.71 bits per heavy atom. The van der Waals surface area contributed by atoms with Crippen LogP contribution in [0.15, 0.2) is 18.2 Å². The zero-order chi connectivity index (χ0) is 12.4. The first-order valence-corrected chi connectivity index (χ1v) is 6.60. The molecule has 0 heterocycles. The van der Waals surface area contributed by atoms with Crippen LogP contribution in [0.2, 0.25) is 0 Å². The van der Waals surface area contributed by atoms with Gasteiger partial charge in [0.15, 0.2) is 0 Å². The monoisotopic (exact) mass is 233 g/mol. The number of phenolic OH excluding ortho intramolecular Hbond substituents is 1. The van der Waals surface area contributed by atoms with Crippen LogP contribution in [-0.4, -0.2) is 11.1 Å². The van der Waals surface area contributed by atoms with E-state index in [1.165, 1.54) is 12.8 Å². The fourth-order valence-corrected chi connectivity index (χ4v) is 2.76. The first-order valence-electron chi connectivity index (χ1n) is 6.60. The fourth-order valence-electron chi connectivity index (χ4n) is 2.76. The van der Waals surface area contributed by atoms with E-state index in [4.69, 9.17) is 0 Å². The molecule has 3 atom stereocenters. The van der Waals surface area contributed by atoms with E-state index in [-0.39, 0.29) is 0 Å². The van der Waals surface area contributed by atoms with Crippen molar-refractivity contribution in [3.8, 4) is 5.75 Å². The molecule has 94 valence electrons. The van der Waals surface area contributed by atoms with Gasteiger partial charge in [0.25, 0.3) is 0 Å². The van der Waals surface area contributed by atoms with E-state index < -0.39 is 0 Å². The minimum absolute atomic E-state index is 0.443. The Hall–Kier alpha value is -1.02. The van der Waals surface area contributed by atoms with Gasteiger partial charge in [0, 0.05) is 18.2 Å². The second kappa shape index (κ2) is 5.09. The third-order valence-corrected chi connectivity index (χ3v) is 4.34. The van der Waals surface area contributed by atoms with Gasteiger partial charge in [0.1, 0.15) is 5.75 Å². The van der Waals surface area contributed by atoms with Gasteiger partial charge >= 0.3 is 0 Å². The molecule has 1 aromatic rings. The third kappa shape index (κ3) is 2.63. The minimum Gasteiger partial charge on any atom is -0.507 e. The molecule has 1 fully saturated rings. The Balaban J connectivity index is 1.96. The van der Waals surface area contributed by atoms with Crippen LogP contribution in [0.3, 0.4) is 0 Å². The van der Waals surface area contributed by atoms with Gasteiger partial charge in [0.05, 0.1) is 0 Å². The van der Waals surface area contributed by atoms with Gasteiger partial charge in [-0.1, -0.05) is 32.0 Å². The van der Waals surface area contributed by atoms with Crippen LogP contribution < -0.4 is 5.32 Å². The summed E-state index contributed by atoms with van der Waals surface area (Å²) < 4.78 is 0. The molecule has 0 aromatic heterocycles. The van der Waals surface area contributed by atoms with Crippen LogP contribution in [0.5, 0.6) is 5.75 Å². The second-order valence-electron chi connectivity index (χ2n) is 5.48. The highest BCUT2D eigenvalue weighted by atomic mass is 16.3. The molecule has 0 bridgehead atoms. The Bertz CT molecular complexity index is 389. The quantitative estimate of drug-likeness (QED) is 0.840. The number of aromatic hydroxyl groups is 1. The van der Waals surface area contributed by atoms with Gasteiger partial charge in [-0.05, 0) is 37.2 Å². The Kier molecular flexibility index (Phi) is 3.72. The summed E-state index contributed by atoms with van der Waals surface area (Å²) in [4.78, 5) is 0. The molecule has 3 unspecified atom stereocenters. The van der Waals surface area contributed by atoms with Crippen molar-refractivity contribution in [3.63, 3.8) is 0 Å². The Morgan fingerprint density at radius 1 is 1.29 bits per heavy atom. The van der Waals surface area contributed by atoms with Gasteiger partial charge in [-0.2, -0.15) is 0 Å². The average Bonchev–Trinajstić information content (AvgIpc) is 2.62. The molecule has 2 rings (SSSR count). The lowest BCUT2D eigenvalue weighted by Crippen LogP contribution is -2.31. The van der Waals surface area contributed by atoms with Crippen molar-refractivity contribution in [2.45, 2.75) is 46.2 Å². The van der Waals surface area contributed by atoms with Crippen molar-refractivity contribution in [1.82, 2.24) is 5.32 Å². The summed E-state index contributed by atoms with van der Waals surface area (Å²) >= 11 is 0. The summed E-state index contributed by atoms with van der Waals surface area (Å²) in [7, 11) is 0. The van der Waals surface area contributed by atoms with Crippen LogP contribution in [0.1, 0.15) is 37.8 Å². The smallest absolute Gasteiger partial charge is 0.122 e. The van der Waals surface area contributed by atoms with E-state index in [1.54, 1.807) is 0 Å². The summed E-state index contributed by atoms with van der Waals surface area (Å²) in [6.07, 6.45) is 2.58. The van der Waals surface area contributed by atoms with Crippen LogP contribution >= 0.6 is 0 Å². The maximum Gasteiger partial charge on any atom is 0.122 e. The van der Waals surface area contributed by atoms with Crippen molar-refractivity contribution in [1.29, 1.82) is 0 Å². The summed E-state index contributed by atoms with van der Waals surface area (Å²) in [5.74, 6) is 2.00. The van der Waals surface area contributed by atoms with E-state index in [2.05, 4.69) is 19.2 Å². The number of hydrogen-bond acceptors (Lipinski definition) is 2. The molecule has 0 aliphatic heterocycles. The van der Waals surface area contributed by atoms with Crippen molar-refractivity contribution in [3.05, 3.63) is 29.3 Å². The fraction of sp³-hybridized carbons (Fsp3) is 0.600. The molecule has 0 spiro atoms. The molecule has 2 N–H and O–H groups in total. The summed E-state index contributed by atoms with van der Waals surface area (Å²) in [5.41, 5.74) is 1.97. The normalized spacial score (nSPS) is 28.5. The summed E-state index contributed by atoms with van der Waals surface area (Å²) in [5, 5.41) is 13.5. The lowest BCUT2D eigenvalue weighted by Gasteiger charge is -2.20. The molecule has 0 saturated heterocycles. The predicted octanol–water partition coefficient (Wildman–Crippen LogP) is 3.22. The molecule has 1 aromatic carbocycles. The minimum atomic E-state index is 0.443. The molecule has 2 heteroatoms. The number of nitrogens with one attached hydrogen (secondary N) is 1. The van der Waals surface area contributed by atoms with Crippen LogP contribution in [-0.2, 0) is 6.54 Å². The predicted molar refractivity (Wildman–Crippen MR) is 71.0 cm³/mol. The first kappa shape index (κ1) is 12.4. The van der Waals surface area contributed by atoms with Crippen LogP contribution in [0.4, 0.5) is 0 Å². The molecule has 0 radical (unpaired) electrons.